The molecular formula is C19H28N2. The van der Waals surface area contributed by atoms with E-state index in [1.54, 1.807) is 0 Å². The molecule has 0 aliphatic heterocycles. The Hall–Kier alpha value is -1.41. The Balaban J connectivity index is 2.46. The Kier molecular flexibility index (Phi) is 5.00. The minimum Gasteiger partial charge on any atom is -0.330 e. The third-order valence-electron chi connectivity index (χ3n) is 4.13. The van der Waals surface area contributed by atoms with E-state index in [9.17, 15) is 0 Å². The normalized spacial score (nSPS) is 12.0. The molecule has 0 bridgehead atoms. The molecule has 1 aromatic heterocycles. The summed E-state index contributed by atoms with van der Waals surface area (Å²) in [6.07, 6.45) is 4.63. The zero-order valence-corrected chi connectivity index (χ0v) is 13.9. The van der Waals surface area contributed by atoms with E-state index in [1.165, 1.54) is 29.4 Å². The fraction of sp³-hybridized carbons (Fsp3) is 0.526. The van der Waals surface area contributed by atoms with Gasteiger partial charge in [-0.25, -0.2) is 0 Å². The Bertz CT molecular complexity index is 614. The van der Waals surface area contributed by atoms with Crippen LogP contribution in [0, 0.1) is 12.3 Å². The second kappa shape index (κ2) is 6.57. The van der Waals surface area contributed by atoms with E-state index >= 15 is 0 Å². The number of hydrogen-bond donors (Lipinski definition) is 1. The summed E-state index contributed by atoms with van der Waals surface area (Å²) in [6.45, 7) is 9.47. The van der Waals surface area contributed by atoms with Crippen LogP contribution in [0.3, 0.4) is 0 Å². The van der Waals surface area contributed by atoms with Crippen molar-refractivity contribution in [1.82, 2.24) is 4.98 Å². The maximum Gasteiger partial charge on any atom is 0.0708 e. The number of benzene rings is 1. The topological polar surface area (TPSA) is 38.9 Å². The Labute approximate surface area is 128 Å². The van der Waals surface area contributed by atoms with Crippen LogP contribution < -0.4 is 5.73 Å². The summed E-state index contributed by atoms with van der Waals surface area (Å²) >= 11 is 0. The molecule has 0 atom stereocenters. The van der Waals surface area contributed by atoms with E-state index in [2.05, 4.69) is 56.9 Å². The van der Waals surface area contributed by atoms with Gasteiger partial charge in [0.1, 0.15) is 0 Å². The SMILES string of the molecule is CCCCc1ccc2nc(C)cc(CC(C)(C)CN)c2c1. The van der Waals surface area contributed by atoms with Gasteiger partial charge in [0, 0.05) is 11.1 Å². The smallest absolute Gasteiger partial charge is 0.0708 e. The van der Waals surface area contributed by atoms with Gasteiger partial charge in [-0.15, -0.1) is 0 Å². The quantitative estimate of drug-likeness (QED) is 0.853. The maximum absolute atomic E-state index is 5.92. The number of pyridine rings is 1. The number of fused-ring (bicyclic) bond motifs is 1. The minimum absolute atomic E-state index is 0.125. The van der Waals surface area contributed by atoms with Gasteiger partial charge in [0.05, 0.1) is 5.52 Å². The number of aromatic nitrogens is 1. The monoisotopic (exact) mass is 284 g/mol. The lowest BCUT2D eigenvalue weighted by atomic mass is 9.84. The maximum atomic E-state index is 5.92. The lowest BCUT2D eigenvalue weighted by Gasteiger charge is -2.23. The Morgan fingerprint density at radius 1 is 1.19 bits per heavy atom. The van der Waals surface area contributed by atoms with Crippen LogP contribution in [0.15, 0.2) is 24.3 Å². The lowest BCUT2D eigenvalue weighted by Crippen LogP contribution is -2.26. The molecule has 0 aliphatic carbocycles. The van der Waals surface area contributed by atoms with Gasteiger partial charge in [0.2, 0.25) is 0 Å². The second-order valence-corrected chi connectivity index (χ2v) is 6.92. The first-order chi connectivity index (χ1) is 9.95. The molecule has 0 saturated carbocycles. The average molecular weight is 284 g/mol. The number of nitrogens with zero attached hydrogens (tertiary/aromatic N) is 1. The van der Waals surface area contributed by atoms with Crippen LogP contribution in [0.2, 0.25) is 0 Å². The van der Waals surface area contributed by atoms with Crippen molar-refractivity contribution in [3.63, 3.8) is 0 Å². The van der Waals surface area contributed by atoms with E-state index in [4.69, 9.17) is 5.73 Å². The Morgan fingerprint density at radius 2 is 1.95 bits per heavy atom. The van der Waals surface area contributed by atoms with Crippen LogP contribution in [0.5, 0.6) is 0 Å². The molecule has 2 rings (SSSR count). The van der Waals surface area contributed by atoms with Crippen molar-refractivity contribution in [2.75, 3.05) is 6.54 Å². The predicted molar refractivity (Wildman–Crippen MR) is 91.6 cm³/mol. The molecule has 0 unspecified atom stereocenters. The summed E-state index contributed by atoms with van der Waals surface area (Å²) in [5, 5.41) is 1.30. The number of unbranched alkanes of at least 4 members (excludes halogenated alkanes) is 1. The molecule has 2 aromatic rings. The number of nitrogens with two attached hydrogens (primary N) is 1. The fourth-order valence-electron chi connectivity index (χ4n) is 2.76. The summed E-state index contributed by atoms with van der Waals surface area (Å²) in [5.74, 6) is 0. The van der Waals surface area contributed by atoms with Crippen LogP contribution in [0.1, 0.15) is 50.4 Å². The molecule has 2 heteroatoms. The third kappa shape index (κ3) is 4.04. The van der Waals surface area contributed by atoms with Crippen molar-refractivity contribution < 1.29 is 0 Å². The van der Waals surface area contributed by atoms with Crippen molar-refractivity contribution >= 4 is 10.9 Å². The summed E-state index contributed by atoms with van der Waals surface area (Å²) < 4.78 is 0. The first-order valence-electron chi connectivity index (χ1n) is 8.04. The molecule has 0 spiro atoms. The van der Waals surface area contributed by atoms with Crippen molar-refractivity contribution in [3.05, 3.63) is 41.1 Å². The molecule has 0 amide bonds. The summed E-state index contributed by atoms with van der Waals surface area (Å²) in [4.78, 5) is 4.68. The van der Waals surface area contributed by atoms with Gasteiger partial charge >= 0.3 is 0 Å². The molecule has 1 heterocycles. The molecule has 0 aliphatic rings. The molecule has 0 radical (unpaired) electrons. The highest BCUT2D eigenvalue weighted by atomic mass is 14.7. The van der Waals surface area contributed by atoms with Gasteiger partial charge in [-0.1, -0.05) is 33.3 Å². The van der Waals surface area contributed by atoms with Gasteiger partial charge in [0.15, 0.2) is 0 Å². The van der Waals surface area contributed by atoms with Gasteiger partial charge < -0.3 is 5.73 Å². The van der Waals surface area contributed by atoms with Crippen molar-refractivity contribution in [2.24, 2.45) is 11.1 Å². The van der Waals surface area contributed by atoms with Crippen LogP contribution in [-0.4, -0.2) is 11.5 Å². The van der Waals surface area contributed by atoms with Gasteiger partial charge in [-0.3, -0.25) is 4.98 Å². The van der Waals surface area contributed by atoms with Crippen LogP contribution >= 0.6 is 0 Å². The molecule has 114 valence electrons. The van der Waals surface area contributed by atoms with Crippen LogP contribution in [0.4, 0.5) is 0 Å². The number of rotatable bonds is 6. The third-order valence-corrected chi connectivity index (χ3v) is 4.13. The molecular weight excluding hydrogens is 256 g/mol. The molecule has 0 saturated heterocycles. The molecule has 2 N–H and O–H groups in total. The summed E-state index contributed by atoms with van der Waals surface area (Å²) in [6, 6.07) is 8.96. The lowest BCUT2D eigenvalue weighted by molar-refractivity contribution is 0.378. The standard InChI is InChI=1S/C19H28N2/c1-5-6-7-15-8-9-18-17(11-15)16(10-14(2)21-18)12-19(3,4)13-20/h8-11H,5-7,12-13,20H2,1-4H3. The van der Waals surface area contributed by atoms with Crippen LogP contribution in [-0.2, 0) is 12.8 Å². The van der Waals surface area contributed by atoms with E-state index < -0.39 is 0 Å². The Morgan fingerprint density at radius 3 is 2.62 bits per heavy atom. The minimum atomic E-state index is 0.125. The van der Waals surface area contributed by atoms with E-state index in [-0.39, 0.29) is 5.41 Å². The predicted octanol–water partition coefficient (Wildman–Crippen LogP) is 4.41. The van der Waals surface area contributed by atoms with Crippen molar-refractivity contribution in [3.8, 4) is 0 Å². The van der Waals surface area contributed by atoms with E-state index in [0.717, 1.165) is 24.1 Å². The van der Waals surface area contributed by atoms with Gasteiger partial charge in [-0.05, 0) is 67.5 Å². The highest BCUT2D eigenvalue weighted by Gasteiger charge is 2.18. The number of aryl methyl sites for hydroxylation is 2. The first-order valence-corrected chi connectivity index (χ1v) is 8.04. The van der Waals surface area contributed by atoms with Crippen molar-refractivity contribution in [2.45, 2.75) is 53.4 Å². The van der Waals surface area contributed by atoms with Crippen molar-refractivity contribution in [1.29, 1.82) is 0 Å². The van der Waals surface area contributed by atoms with E-state index in [0.29, 0.717) is 6.54 Å². The highest BCUT2D eigenvalue weighted by Crippen LogP contribution is 2.27. The summed E-state index contributed by atoms with van der Waals surface area (Å²) in [5.41, 5.74) is 11.0. The van der Waals surface area contributed by atoms with Crippen LogP contribution in [0.25, 0.3) is 10.9 Å². The fourth-order valence-corrected chi connectivity index (χ4v) is 2.76. The molecule has 0 fully saturated rings. The largest absolute Gasteiger partial charge is 0.330 e. The zero-order valence-electron chi connectivity index (χ0n) is 13.9. The molecule has 2 nitrogen and oxygen atoms in total. The van der Waals surface area contributed by atoms with Gasteiger partial charge in [-0.2, -0.15) is 0 Å². The summed E-state index contributed by atoms with van der Waals surface area (Å²) in [7, 11) is 0. The number of hydrogen-bond acceptors (Lipinski definition) is 2. The van der Waals surface area contributed by atoms with Gasteiger partial charge in [0.25, 0.3) is 0 Å². The zero-order chi connectivity index (χ0) is 15.5. The van der Waals surface area contributed by atoms with E-state index in [1.807, 2.05) is 0 Å². The molecule has 1 aromatic carbocycles. The first kappa shape index (κ1) is 16.0. The molecule has 21 heavy (non-hydrogen) atoms. The average Bonchev–Trinajstić information content (AvgIpc) is 2.45. The highest BCUT2D eigenvalue weighted by molar-refractivity contribution is 5.83. The second-order valence-electron chi connectivity index (χ2n) is 6.92.